The SMILES string of the molecule is O=C(O)c1cc(N2CC(C(=O)O)CC2=O)ncc1Br. The molecule has 0 aromatic carbocycles. The molecule has 2 N–H and O–H groups in total. The van der Waals surface area contributed by atoms with E-state index in [4.69, 9.17) is 10.2 Å². The Hall–Kier alpha value is -1.96. The van der Waals surface area contributed by atoms with Crippen LogP contribution < -0.4 is 4.90 Å². The summed E-state index contributed by atoms with van der Waals surface area (Å²) in [4.78, 5) is 38.7. The number of aliphatic carboxylic acids is 1. The van der Waals surface area contributed by atoms with Gasteiger partial charge in [0.05, 0.1) is 16.0 Å². The van der Waals surface area contributed by atoms with Crippen LogP contribution in [0.4, 0.5) is 5.82 Å². The third-order valence-electron chi connectivity index (χ3n) is 2.82. The topological polar surface area (TPSA) is 108 Å². The minimum absolute atomic E-state index is 0.00184. The van der Waals surface area contributed by atoms with E-state index >= 15 is 0 Å². The van der Waals surface area contributed by atoms with Crippen molar-refractivity contribution in [3.8, 4) is 0 Å². The molecular formula is C11H9BrN2O5. The first kappa shape index (κ1) is 13.5. The van der Waals surface area contributed by atoms with Gasteiger partial charge >= 0.3 is 11.9 Å². The molecule has 1 fully saturated rings. The van der Waals surface area contributed by atoms with Gasteiger partial charge in [-0.25, -0.2) is 9.78 Å². The second-order valence-corrected chi connectivity index (χ2v) is 4.93. The average Bonchev–Trinajstić information content (AvgIpc) is 2.72. The first-order valence-corrected chi connectivity index (χ1v) is 6.11. The molecule has 2 rings (SSSR count). The molecule has 8 heteroatoms. The molecule has 1 aliphatic heterocycles. The number of aromatic carboxylic acids is 1. The number of carbonyl (C=O) groups excluding carboxylic acids is 1. The van der Waals surface area contributed by atoms with Gasteiger partial charge in [0.25, 0.3) is 0 Å². The zero-order chi connectivity index (χ0) is 14.2. The lowest BCUT2D eigenvalue weighted by molar-refractivity contribution is -0.141. The fourth-order valence-corrected chi connectivity index (χ4v) is 2.22. The normalized spacial score (nSPS) is 18.7. The van der Waals surface area contributed by atoms with Crippen LogP contribution in [0, 0.1) is 5.92 Å². The fourth-order valence-electron chi connectivity index (χ4n) is 1.83. The molecule has 0 spiro atoms. The molecule has 1 unspecified atom stereocenters. The summed E-state index contributed by atoms with van der Waals surface area (Å²) in [5.41, 5.74) is -0.0309. The van der Waals surface area contributed by atoms with Crippen LogP contribution in [0.25, 0.3) is 0 Å². The van der Waals surface area contributed by atoms with Crippen LogP contribution in [0.15, 0.2) is 16.7 Å². The van der Waals surface area contributed by atoms with Crippen LogP contribution in [0.2, 0.25) is 0 Å². The van der Waals surface area contributed by atoms with Gasteiger partial charge in [-0.05, 0) is 22.0 Å². The molecule has 0 bridgehead atoms. The lowest BCUT2D eigenvalue weighted by atomic mass is 10.1. The monoisotopic (exact) mass is 328 g/mol. The number of hydrogen-bond acceptors (Lipinski definition) is 4. The molecule has 0 aliphatic carbocycles. The number of carboxylic acid groups (broad SMARTS) is 2. The molecule has 1 aliphatic rings. The Labute approximate surface area is 116 Å². The predicted octanol–water partition coefficient (Wildman–Crippen LogP) is 0.980. The van der Waals surface area contributed by atoms with Crippen molar-refractivity contribution in [1.82, 2.24) is 4.98 Å². The number of nitrogens with zero attached hydrogens (tertiary/aromatic N) is 2. The van der Waals surface area contributed by atoms with E-state index < -0.39 is 17.9 Å². The molecule has 7 nitrogen and oxygen atoms in total. The number of anilines is 1. The quantitative estimate of drug-likeness (QED) is 0.856. The Morgan fingerprint density at radius 2 is 2.11 bits per heavy atom. The van der Waals surface area contributed by atoms with E-state index in [2.05, 4.69) is 20.9 Å². The third kappa shape index (κ3) is 2.58. The molecule has 1 saturated heterocycles. The van der Waals surface area contributed by atoms with E-state index in [1.54, 1.807) is 0 Å². The van der Waals surface area contributed by atoms with Crippen LogP contribution in [0.5, 0.6) is 0 Å². The summed E-state index contributed by atoms with van der Waals surface area (Å²) >= 11 is 3.05. The van der Waals surface area contributed by atoms with Crippen LogP contribution in [0.3, 0.4) is 0 Å². The standard InChI is InChI=1S/C11H9BrN2O5/c12-7-3-13-8(2-6(7)11(18)19)14-4-5(10(16)17)1-9(14)15/h2-3,5H,1,4H2,(H,16,17)(H,18,19). The number of amides is 1. The van der Waals surface area contributed by atoms with Crippen molar-refractivity contribution in [1.29, 1.82) is 0 Å². The largest absolute Gasteiger partial charge is 0.481 e. The molecule has 0 radical (unpaired) electrons. The van der Waals surface area contributed by atoms with Crippen LogP contribution in [-0.4, -0.2) is 39.6 Å². The Bertz CT molecular complexity index is 574. The Kier molecular flexibility index (Phi) is 3.52. The summed E-state index contributed by atoms with van der Waals surface area (Å²) in [5.74, 6) is -3.22. The first-order chi connectivity index (χ1) is 8.90. The van der Waals surface area contributed by atoms with Gasteiger partial charge in [-0.1, -0.05) is 0 Å². The minimum Gasteiger partial charge on any atom is -0.481 e. The maximum absolute atomic E-state index is 11.7. The third-order valence-corrected chi connectivity index (χ3v) is 3.45. The number of rotatable bonds is 3. The number of carboxylic acids is 2. The van der Waals surface area contributed by atoms with Crippen LogP contribution >= 0.6 is 15.9 Å². The number of hydrogen-bond donors (Lipinski definition) is 2. The van der Waals surface area contributed by atoms with Gasteiger partial charge in [0.15, 0.2) is 0 Å². The number of halogens is 1. The summed E-state index contributed by atoms with van der Waals surface area (Å²) in [7, 11) is 0. The second-order valence-electron chi connectivity index (χ2n) is 4.07. The zero-order valence-electron chi connectivity index (χ0n) is 9.54. The van der Waals surface area contributed by atoms with E-state index in [1.807, 2.05) is 0 Å². The van der Waals surface area contributed by atoms with Crippen molar-refractivity contribution in [2.75, 3.05) is 11.4 Å². The van der Waals surface area contributed by atoms with Gasteiger partial charge in [-0.2, -0.15) is 0 Å². The molecule has 1 aromatic rings. The van der Waals surface area contributed by atoms with E-state index in [1.165, 1.54) is 17.2 Å². The van der Waals surface area contributed by atoms with Crippen molar-refractivity contribution in [2.24, 2.45) is 5.92 Å². The van der Waals surface area contributed by atoms with Crippen molar-refractivity contribution >= 4 is 39.6 Å². The van der Waals surface area contributed by atoms with E-state index in [9.17, 15) is 14.4 Å². The first-order valence-electron chi connectivity index (χ1n) is 5.32. The highest BCUT2D eigenvalue weighted by atomic mass is 79.9. The maximum Gasteiger partial charge on any atom is 0.337 e. The molecule has 0 saturated carbocycles. The van der Waals surface area contributed by atoms with Gasteiger partial charge in [0.2, 0.25) is 5.91 Å². The summed E-state index contributed by atoms with van der Waals surface area (Å²) in [6.45, 7) is 0.00184. The smallest absolute Gasteiger partial charge is 0.337 e. The molecule has 1 aromatic heterocycles. The Morgan fingerprint density at radius 1 is 1.42 bits per heavy atom. The van der Waals surface area contributed by atoms with Crippen molar-refractivity contribution < 1.29 is 24.6 Å². The van der Waals surface area contributed by atoms with E-state index in [0.29, 0.717) is 4.47 Å². The average molecular weight is 329 g/mol. The number of pyridine rings is 1. The fraction of sp³-hybridized carbons (Fsp3) is 0.273. The maximum atomic E-state index is 11.7. The number of aromatic nitrogens is 1. The lowest BCUT2D eigenvalue weighted by Crippen LogP contribution is -2.27. The van der Waals surface area contributed by atoms with Gasteiger partial charge in [0.1, 0.15) is 5.82 Å². The zero-order valence-corrected chi connectivity index (χ0v) is 11.1. The number of carbonyl (C=O) groups is 3. The summed E-state index contributed by atoms with van der Waals surface area (Å²) in [6, 6.07) is 1.24. The minimum atomic E-state index is -1.16. The van der Waals surface area contributed by atoms with Gasteiger partial charge < -0.3 is 10.2 Å². The van der Waals surface area contributed by atoms with Crippen molar-refractivity contribution in [3.05, 3.63) is 22.3 Å². The molecule has 100 valence electrons. The second kappa shape index (κ2) is 4.96. The van der Waals surface area contributed by atoms with Crippen molar-refractivity contribution in [3.63, 3.8) is 0 Å². The molecular weight excluding hydrogens is 320 g/mol. The summed E-state index contributed by atoms with van der Waals surface area (Å²) in [5, 5.41) is 17.9. The highest BCUT2D eigenvalue weighted by Gasteiger charge is 2.36. The Morgan fingerprint density at radius 3 is 2.63 bits per heavy atom. The van der Waals surface area contributed by atoms with Crippen molar-refractivity contribution in [2.45, 2.75) is 6.42 Å². The molecule has 1 atom stereocenters. The summed E-state index contributed by atoms with van der Waals surface area (Å²) in [6.07, 6.45) is 1.18. The highest BCUT2D eigenvalue weighted by Crippen LogP contribution is 2.26. The molecule has 2 heterocycles. The predicted molar refractivity (Wildman–Crippen MR) is 67.0 cm³/mol. The van der Waals surface area contributed by atoms with Crippen LogP contribution in [0.1, 0.15) is 16.8 Å². The lowest BCUT2D eigenvalue weighted by Gasteiger charge is -2.15. The van der Waals surface area contributed by atoms with Gasteiger partial charge in [0, 0.05) is 19.2 Å². The van der Waals surface area contributed by atoms with E-state index in [0.717, 1.165) is 0 Å². The van der Waals surface area contributed by atoms with E-state index in [-0.39, 0.29) is 30.3 Å². The van der Waals surface area contributed by atoms with Gasteiger partial charge in [-0.15, -0.1) is 0 Å². The highest BCUT2D eigenvalue weighted by molar-refractivity contribution is 9.10. The van der Waals surface area contributed by atoms with Gasteiger partial charge in [-0.3, -0.25) is 14.5 Å². The molecule has 19 heavy (non-hydrogen) atoms. The van der Waals surface area contributed by atoms with Crippen LogP contribution in [-0.2, 0) is 9.59 Å². The molecule has 1 amide bonds. The summed E-state index contributed by atoms with van der Waals surface area (Å²) < 4.78 is 0.296. The Balaban J connectivity index is 2.33.